The van der Waals surface area contributed by atoms with E-state index in [2.05, 4.69) is 29.9 Å². The molecule has 0 bridgehead atoms. The Morgan fingerprint density at radius 1 is 1.23 bits per heavy atom. The fraction of sp³-hybridized carbons (Fsp3) is 0.350. The number of hydrogen-bond donors (Lipinski definition) is 1. The zero-order valence-corrected chi connectivity index (χ0v) is 17.0. The molecule has 154 valence electrons. The Hall–Kier alpha value is -3.04. The van der Waals surface area contributed by atoms with E-state index in [1.807, 2.05) is 12.1 Å². The van der Waals surface area contributed by atoms with Crippen LogP contribution in [0.4, 0.5) is 5.95 Å². The SMILES string of the molecule is Nc1nc(CCC2CCCN2Cc2ccnc(Cl)c2)nc2nc(-c3ccco3)nn12. The third-order valence-electron chi connectivity index (χ3n) is 5.40. The molecule has 30 heavy (non-hydrogen) atoms. The van der Waals surface area contributed by atoms with Crippen molar-refractivity contribution >= 4 is 23.3 Å². The van der Waals surface area contributed by atoms with Crippen LogP contribution >= 0.6 is 11.6 Å². The summed E-state index contributed by atoms with van der Waals surface area (Å²) in [7, 11) is 0. The first-order valence-corrected chi connectivity index (χ1v) is 10.3. The maximum absolute atomic E-state index is 6.10. The number of halogens is 1. The fourth-order valence-corrected chi connectivity index (χ4v) is 4.17. The highest BCUT2D eigenvalue weighted by atomic mass is 35.5. The van der Waals surface area contributed by atoms with Crippen LogP contribution < -0.4 is 5.73 Å². The van der Waals surface area contributed by atoms with E-state index in [0.717, 1.165) is 32.4 Å². The van der Waals surface area contributed by atoms with Crippen LogP contribution in [-0.2, 0) is 13.0 Å². The molecule has 0 saturated carbocycles. The normalized spacial score (nSPS) is 17.2. The van der Waals surface area contributed by atoms with Gasteiger partial charge in [0.15, 0.2) is 5.76 Å². The predicted octanol–water partition coefficient (Wildman–Crippen LogP) is 3.01. The minimum Gasteiger partial charge on any atom is -0.461 e. The van der Waals surface area contributed by atoms with Crippen LogP contribution in [0.5, 0.6) is 0 Å². The Balaban J connectivity index is 1.29. The number of nitrogens with zero attached hydrogens (tertiary/aromatic N) is 7. The van der Waals surface area contributed by atoms with Gasteiger partial charge in [-0.1, -0.05) is 11.6 Å². The zero-order chi connectivity index (χ0) is 20.5. The number of hydrogen-bond acceptors (Lipinski definition) is 8. The average molecular weight is 425 g/mol. The van der Waals surface area contributed by atoms with Crippen molar-refractivity contribution in [2.75, 3.05) is 12.3 Å². The van der Waals surface area contributed by atoms with E-state index in [1.54, 1.807) is 24.6 Å². The number of nitrogens with two attached hydrogens (primary N) is 1. The third-order valence-corrected chi connectivity index (χ3v) is 5.60. The van der Waals surface area contributed by atoms with Gasteiger partial charge in [-0.3, -0.25) is 4.90 Å². The van der Waals surface area contributed by atoms with Gasteiger partial charge in [0, 0.05) is 25.2 Å². The average Bonchev–Trinajstić information content (AvgIpc) is 3.47. The van der Waals surface area contributed by atoms with E-state index in [-0.39, 0.29) is 5.95 Å². The Morgan fingerprint density at radius 2 is 2.17 bits per heavy atom. The molecule has 0 spiro atoms. The first-order valence-electron chi connectivity index (χ1n) is 9.93. The third kappa shape index (κ3) is 3.86. The van der Waals surface area contributed by atoms with Gasteiger partial charge in [-0.05, 0) is 55.6 Å². The summed E-state index contributed by atoms with van der Waals surface area (Å²) in [5.74, 6) is 2.39. The standard InChI is InChI=1S/C20H21ClN8O/c21-16-11-13(7-8-23-16)12-28-9-1-3-14(28)5-6-17-24-19(22)29-20(25-17)26-18(27-29)15-4-2-10-30-15/h2,4,7-8,10-11,14H,1,3,5-6,9,12H2,(H2,22,24,25,26,27). The summed E-state index contributed by atoms with van der Waals surface area (Å²) in [6.45, 7) is 1.94. The number of furan rings is 1. The van der Waals surface area contributed by atoms with Crippen molar-refractivity contribution in [1.29, 1.82) is 0 Å². The second kappa shape index (κ2) is 8.00. The van der Waals surface area contributed by atoms with Crippen LogP contribution in [0, 0.1) is 0 Å². The molecule has 1 saturated heterocycles. The van der Waals surface area contributed by atoms with Crippen molar-refractivity contribution in [3.8, 4) is 11.6 Å². The van der Waals surface area contributed by atoms with Gasteiger partial charge in [0.05, 0.1) is 6.26 Å². The smallest absolute Gasteiger partial charge is 0.257 e. The topological polar surface area (TPSA) is 111 Å². The summed E-state index contributed by atoms with van der Waals surface area (Å²) in [6.07, 6.45) is 7.35. The molecule has 1 fully saturated rings. The minimum absolute atomic E-state index is 0.273. The molecular formula is C20H21ClN8O. The van der Waals surface area contributed by atoms with Crippen LogP contribution in [0.15, 0.2) is 41.1 Å². The maximum Gasteiger partial charge on any atom is 0.257 e. The molecule has 0 amide bonds. The Kier molecular flexibility index (Phi) is 5.06. The van der Waals surface area contributed by atoms with Crippen molar-refractivity contribution in [3.63, 3.8) is 0 Å². The molecule has 1 atom stereocenters. The molecule has 4 aromatic heterocycles. The maximum atomic E-state index is 6.10. The number of rotatable bonds is 6. The number of likely N-dealkylation sites (tertiary alicyclic amines) is 1. The quantitative estimate of drug-likeness (QED) is 0.470. The largest absolute Gasteiger partial charge is 0.461 e. The lowest BCUT2D eigenvalue weighted by atomic mass is 10.1. The van der Waals surface area contributed by atoms with E-state index >= 15 is 0 Å². The van der Waals surface area contributed by atoms with E-state index < -0.39 is 0 Å². The molecule has 1 aliphatic heterocycles. The molecule has 2 N–H and O–H groups in total. The summed E-state index contributed by atoms with van der Waals surface area (Å²) in [5, 5.41) is 4.87. The van der Waals surface area contributed by atoms with Crippen LogP contribution in [0.2, 0.25) is 5.15 Å². The van der Waals surface area contributed by atoms with Gasteiger partial charge in [0.25, 0.3) is 5.78 Å². The highest BCUT2D eigenvalue weighted by Gasteiger charge is 2.25. The first-order chi connectivity index (χ1) is 14.7. The summed E-state index contributed by atoms with van der Waals surface area (Å²) in [4.78, 5) is 20.0. The molecule has 1 unspecified atom stereocenters. The van der Waals surface area contributed by atoms with Gasteiger partial charge < -0.3 is 10.2 Å². The van der Waals surface area contributed by atoms with Crippen LogP contribution in [0.25, 0.3) is 17.4 Å². The van der Waals surface area contributed by atoms with Crippen molar-refractivity contribution < 1.29 is 4.42 Å². The molecule has 5 rings (SSSR count). The molecule has 1 aliphatic rings. The van der Waals surface area contributed by atoms with Crippen LogP contribution in [0.3, 0.4) is 0 Å². The van der Waals surface area contributed by atoms with E-state index in [1.165, 1.54) is 16.5 Å². The molecule has 0 aromatic carbocycles. The lowest BCUT2D eigenvalue weighted by Gasteiger charge is -2.24. The van der Waals surface area contributed by atoms with Gasteiger partial charge in [-0.15, -0.1) is 5.10 Å². The van der Waals surface area contributed by atoms with E-state index in [0.29, 0.717) is 34.4 Å². The molecule has 10 heteroatoms. The summed E-state index contributed by atoms with van der Waals surface area (Å²) < 4.78 is 6.80. The lowest BCUT2D eigenvalue weighted by molar-refractivity contribution is 0.234. The first kappa shape index (κ1) is 19.0. The monoisotopic (exact) mass is 424 g/mol. The van der Waals surface area contributed by atoms with Crippen molar-refractivity contribution in [2.45, 2.75) is 38.3 Å². The number of nitrogen functional groups attached to an aromatic ring is 1. The number of aromatic nitrogens is 6. The van der Waals surface area contributed by atoms with Gasteiger partial charge >= 0.3 is 0 Å². The number of anilines is 1. The number of aryl methyl sites for hydroxylation is 1. The Labute approximate surface area is 177 Å². The molecule has 0 aliphatic carbocycles. The van der Waals surface area contributed by atoms with Gasteiger partial charge in [-0.2, -0.15) is 19.5 Å². The lowest BCUT2D eigenvalue weighted by Crippen LogP contribution is -2.29. The second-order valence-electron chi connectivity index (χ2n) is 7.41. The zero-order valence-electron chi connectivity index (χ0n) is 16.3. The summed E-state index contributed by atoms with van der Waals surface area (Å²) in [6, 6.07) is 7.99. The molecular weight excluding hydrogens is 404 g/mol. The van der Waals surface area contributed by atoms with E-state index in [4.69, 9.17) is 21.8 Å². The highest BCUT2D eigenvalue weighted by molar-refractivity contribution is 6.29. The Morgan fingerprint density at radius 3 is 3.00 bits per heavy atom. The highest BCUT2D eigenvalue weighted by Crippen LogP contribution is 2.24. The molecule has 0 radical (unpaired) electrons. The second-order valence-corrected chi connectivity index (χ2v) is 7.80. The predicted molar refractivity (Wildman–Crippen MR) is 112 cm³/mol. The van der Waals surface area contributed by atoms with Gasteiger partial charge in [-0.25, -0.2) is 4.98 Å². The van der Waals surface area contributed by atoms with Gasteiger partial charge in [0.1, 0.15) is 11.0 Å². The number of pyridine rings is 1. The van der Waals surface area contributed by atoms with Gasteiger partial charge in [0.2, 0.25) is 11.8 Å². The molecule has 9 nitrogen and oxygen atoms in total. The minimum atomic E-state index is 0.273. The number of fused-ring (bicyclic) bond motifs is 1. The fourth-order valence-electron chi connectivity index (χ4n) is 3.97. The van der Waals surface area contributed by atoms with Crippen molar-refractivity contribution in [2.24, 2.45) is 0 Å². The van der Waals surface area contributed by atoms with Crippen LogP contribution in [0.1, 0.15) is 30.7 Å². The van der Waals surface area contributed by atoms with Crippen LogP contribution in [-0.4, -0.2) is 47.0 Å². The summed E-state index contributed by atoms with van der Waals surface area (Å²) in [5.41, 5.74) is 7.28. The van der Waals surface area contributed by atoms with E-state index in [9.17, 15) is 0 Å². The Bertz CT molecular complexity index is 1160. The molecule has 5 heterocycles. The van der Waals surface area contributed by atoms with Crippen molar-refractivity contribution in [1.82, 2.24) is 34.4 Å². The van der Waals surface area contributed by atoms with Crippen molar-refractivity contribution in [3.05, 3.63) is 53.3 Å². The summed E-state index contributed by atoms with van der Waals surface area (Å²) >= 11 is 6.03. The molecule has 4 aromatic rings.